The van der Waals surface area contributed by atoms with E-state index in [1.54, 1.807) is 12.1 Å². The normalized spacial score (nSPS) is 11.7. The van der Waals surface area contributed by atoms with Gasteiger partial charge in [-0.3, -0.25) is 9.97 Å². The number of hydrogen-bond acceptors (Lipinski definition) is 8. The molecular weight excluding hydrogens is 1320 g/mol. The molecule has 0 fully saturated rings. The Kier molecular flexibility index (Phi) is 18.7. The Morgan fingerprint density at radius 3 is 1.27 bits per heavy atom. The molecule has 0 saturated carbocycles. The lowest BCUT2D eigenvalue weighted by Crippen LogP contribution is -2.30. The van der Waals surface area contributed by atoms with Gasteiger partial charge in [0, 0.05) is 72.9 Å². The third kappa shape index (κ3) is 12.8. The Morgan fingerprint density at radius 1 is 0.398 bits per heavy atom. The quantitative estimate of drug-likeness (QED) is 0.119. The van der Waals surface area contributed by atoms with Gasteiger partial charge in [0.1, 0.15) is 38.1 Å². The predicted octanol–water partition coefficient (Wildman–Crippen LogP) is 23.4. The van der Waals surface area contributed by atoms with Crippen LogP contribution in [0.2, 0.25) is 10.0 Å². The smallest absolute Gasteiger partial charge is 0.456 e. The van der Waals surface area contributed by atoms with Crippen molar-refractivity contribution in [1.82, 2.24) is 19.5 Å². The van der Waals surface area contributed by atoms with Crippen molar-refractivity contribution in [2.75, 3.05) is 0 Å². The molecule has 1 aliphatic rings. The second-order valence-electron chi connectivity index (χ2n) is 25.3. The van der Waals surface area contributed by atoms with E-state index < -0.39 is 7.12 Å². The molecule has 2 N–H and O–H groups in total. The molecule has 18 rings (SSSR count). The fraction of sp³-hybridized carbons (Fsp3) is 0.118. The van der Waals surface area contributed by atoms with Crippen molar-refractivity contribution in [1.29, 1.82) is 0 Å². The van der Waals surface area contributed by atoms with Crippen LogP contribution >= 0.6 is 39.1 Å². The minimum atomic E-state index is -1.57. The Morgan fingerprint density at radius 2 is 0.786 bits per heavy atom. The fourth-order valence-electron chi connectivity index (χ4n) is 13.1. The first kappa shape index (κ1) is 65.2. The molecule has 0 bridgehead atoms. The van der Waals surface area contributed by atoms with Crippen molar-refractivity contribution < 1.29 is 23.3 Å². The van der Waals surface area contributed by atoms with Gasteiger partial charge in [0.2, 0.25) is 0 Å². The van der Waals surface area contributed by atoms with Crippen LogP contribution in [0.3, 0.4) is 0 Å². The van der Waals surface area contributed by atoms with Gasteiger partial charge < -0.3 is 27.9 Å². The van der Waals surface area contributed by atoms with Crippen molar-refractivity contribution in [3.05, 3.63) is 304 Å². The molecule has 0 atom stereocenters. The van der Waals surface area contributed by atoms with E-state index in [1.807, 2.05) is 104 Å². The summed E-state index contributed by atoms with van der Waals surface area (Å²) in [6.07, 6.45) is 6.68. The first-order chi connectivity index (χ1) is 47.7. The number of hydrogen-bond donors (Lipinski definition) is 2. The van der Waals surface area contributed by atoms with Gasteiger partial charge >= 0.3 is 7.12 Å². The number of furan rings is 3. The molecule has 9 nitrogen and oxygen atoms in total. The van der Waals surface area contributed by atoms with Gasteiger partial charge in [-0.05, 0) is 176 Å². The zero-order valence-electron chi connectivity index (χ0n) is 54.9. The van der Waals surface area contributed by atoms with Crippen LogP contribution in [0.1, 0.15) is 87.1 Å². The first-order valence-electron chi connectivity index (χ1n) is 32.9. The molecule has 0 saturated heterocycles. The number of benzene rings is 10. The van der Waals surface area contributed by atoms with E-state index in [-0.39, 0.29) is 0 Å². The van der Waals surface area contributed by atoms with Crippen LogP contribution in [0.15, 0.2) is 279 Å². The molecule has 1 aliphatic carbocycles. The number of halogens is 3. The second kappa shape index (κ2) is 28.2. The summed E-state index contributed by atoms with van der Waals surface area (Å²) < 4.78 is 21.6. The summed E-state index contributed by atoms with van der Waals surface area (Å²) in [6, 6.07) is 82.3. The van der Waals surface area contributed by atoms with Crippen molar-refractivity contribution in [2.24, 2.45) is 0 Å². The minimum Gasteiger partial charge on any atom is -0.456 e. The van der Waals surface area contributed by atoms with E-state index in [1.165, 1.54) is 60.8 Å². The van der Waals surface area contributed by atoms with E-state index in [4.69, 9.17) is 41.4 Å². The van der Waals surface area contributed by atoms with Crippen molar-refractivity contribution in [3.63, 3.8) is 0 Å². The average molecular weight is 1390 g/mol. The molecular formula is C85H68BBrCl2N4O5. The molecule has 0 radical (unpaired) electrons. The molecule has 0 unspecified atom stereocenters. The Hall–Kier alpha value is -10.1. The molecule has 0 spiro atoms. The van der Waals surface area contributed by atoms with Crippen molar-refractivity contribution in [2.45, 2.75) is 65.7 Å². The van der Waals surface area contributed by atoms with Gasteiger partial charge in [-0.2, -0.15) is 0 Å². The fourth-order valence-corrected chi connectivity index (χ4v) is 14.0. The number of nitrogens with zero attached hydrogens (tertiary/aromatic N) is 4. The van der Waals surface area contributed by atoms with Gasteiger partial charge in [0.15, 0.2) is 0 Å². The van der Waals surface area contributed by atoms with Gasteiger partial charge in [0.25, 0.3) is 0 Å². The Labute approximate surface area is 586 Å². The van der Waals surface area contributed by atoms with Crippen LogP contribution in [0.5, 0.6) is 0 Å². The lowest BCUT2D eigenvalue weighted by Gasteiger charge is -2.12. The zero-order chi connectivity index (χ0) is 67.7. The standard InChI is InChI=1S/C32H24N2O.C20H16ClNO.C13H10.C12H8BClO3.C8H10BrN/c1-20(2)21-17-18-33-26(19-21)24-15-16-29(31-25-11-5-8-14-30(25)35-32(24)31)34-27-12-6-3-9-22(27)23-10-4-7-13-28(23)34;1-12(2)13-9-10-22-17(11-13)14-7-8-16(21)19-15-5-3-4-6-18(15)23-20(14)19;1-3-7-12-10(5-1)9-11-6-2-4-8-13(11)12;14-9-6-5-8(13(15)16)12-11(9)7-3-1-2-4-10(7)17-12;1-6(2)7-3-4-10-8(9)5-7/h3-20H,1-2H3;3-12H,1-2H3;1-8H,9H2;1-6,15-16H;3-6H,1-2H3. The van der Waals surface area contributed by atoms with Gasteiger partial charge in [-0.25, -0.2) is 4.98 Å². The van der Waals surface area contributed by atoms with Crippen LogP contribution in [0.4, 0.5) is 0 Å². The highest BCUT2D eigenvalue weighted by atomic mass is 79.9. The highest BCUT2D eigenvalue weighted by Gasteiger charge is 2.24. The van der Waals surface area contributed by atoms with Crippen molar-refractivity contribution in [3.8, 4) is 39.3 Å². The molecule has 7 heterocycles. The minimum absolute atomic E-state index is 0.320. The van der Waals surface area contributed by atoms with Gasteiger partial charge in [-0.1, -0.05) is 210 Å². The number of fused-ring (bicyclic) bond motifs is 15. The van der Waals surface area contributed by atoms with Crippen molar-refractivity contribution >= 4 is 139 Å². The Bertz CT molecular complexity index is 5690. The number of rotatable bonds is 7. The molecule has 482 valence electrons. The summed E-state index contributed by atoms with van der Waals surface area (Å²) in [6.45, 7) is 13.1. The summed E-state index contributed by atoms with van der Waals surface area (Å²) >= 11 is 15.9. The van der Waals surface area contributed by atoms with E-state index in [0.29, 0.717) is 49.8 Å². The predicted molar refractivity (Wildman–Crippen MR) is 411 cm³/mol. The first-order valence-corrected chi connectivity index (χ1v) is 34.4. The topological polar surface area (TPSA) is 123 Å². The summed E-state index contributed by atoms with van der Waals surface area (Å²) in [5, 5.41) is 28.1. The van der Waals surface area contributed by atoms with Crippen LogP contribution in [0.25, 0.3) is 127 Å². The largest absolute Gasteiger partial charge is 0.492 e. The highest BCUT2D eigenvalue weighted by Crippen LogP contribution is 2.44. The highest BCUT2D eigenvalue weighted by molar-refractivity contribution is 9.10. The van der Waals surface area contributed by atoms with Gasteiger partial charge in [-0.15, -0.1) is 0 Å². The number of para-hydroxylation sites is 5. The maximum atomic E-state index is 9.29. The molecule has 17 aromatic rings. The molecule has 98 heavy (non-hydrogen) atoms. The van der Waals surface area contributed by atoms with Crippen LogP contribution in [0, 0.1) is 0 Å². The SMILES string of the molecule is CC(C)c1ccnc(-c2ccc(-n3c4ccccc4c4ccccc43)c3c2oc2ccccc23)c1.CC(C)c1ccnc(-c2ccc(Cl)c3c2oc2ccccc23)c1.CC(C)c1ccnc(Br)c1.OB(O)c1ccc(Cl)c2c1oc1ccccc12.c1ccc2c(c1)Cc1ccccc1-2. The number of pyridine rings is 3. The van der Waals surface area contributed by atoms with Crippen LogP contribution in [-0.2, 0) is 6.42 Å². The molecule has 10 aromatic carbocycles. The summed E-state index contributed by atoms with van der Waals surface area (Å²) in [4.78, 5) is 13.3. The lowest BCUT2D eigenvalue weighted by molar-refractivity contribution is 0.425. The van der Waals surface area contributed by atoms with Crippen LogP contribution in [-0.4, -0.2) is 36.7 Å². The Balaban J connectivity index is 0.000000113. The average Bonchev–Trinajstić information content (AvgIpc) is 1.59. The summed E-state index contributed by atoms with van der Waals surface area (Å²) in [5.41, 5.74) is 21.8. The maximum Gasteiger partial charge on any atom is 0.492 e. The molecule has 0 amide bonds. The summed E-state index contributed by atoms with van der Waals surface area (Å²) in [5.74, 6) is 1.47. The lowest BCUT2D eigenvalue weighted by atomic mass is 9.79. The third-order valence-corrected chi connectivity index (χ3v) is 19.2. The monoisotopic (exact) mass is 1380 g/mol. The molecule has 0 aliphatic heterocycles. The van der Waals surface area contributed by atoms with E-state index >= 15 is 0 Å². The van der Waals surface area contributed by atoms with E-state index in [2.05, 4.69) is 218 Å². The molecule has 13 heteroatoms. The molecule has 7 aromatic heterocycles. The van der Waals surface area contributed by atoms with E-state index in [0.717, 1.165) is 88.5 Å². The maximum absolute atomic E-state index is 9.29. The zero-order valence-corrected chi connectivity index (χ0v) is 58.0. The second-order valence-corrected chi connectivity index (χ2v) is 27.0. The van der Waals surface area contributed by atoms with Crippen LogP contribution < -0.4 is 5.46 Å². The van der Waals surface area contributed by atoms with E-state index in [9.17, 15) is 10.0 Å². The third-order valence-electron chi connectivity index (χ3n) is 18.2. The summed E-state index contributed by atoms with van der Waals surface area (Å²) in [7, 11) is -1.57. The number of aromatic nitrogens is 4. The van der Waals surface area contributed by atoms with Gasteiger partial charge in [0.05, 0.1) is 43.5 Å².